The lowest BCUT2D eigenvalue weighted by atomic mass is 10.3. The molecule has 0 saturated heterocycles. The highest BCUT2D eigenvalue weighted by atomic mass is 32.1. The van der Waals surface area contributed by atoms with Crippen molar-refractivity contribution in [2.24, 2.45) is 0 Å². The van der Waals surface area contributed by atoms with Crippen LogP contribution in [0.15, 0.2) is 66.3 Å². The molecule has 4 aromatic rings. The van der Waals surface area contributed by atoms with E-state index < -0.39 is 0 Å². The smallest absolute Gasteiger partial charge is 0.145 e. The SMILES string of the molecule is c1ccc(-n2ccc3ccc(-c4nccs4)nc32)cc1. The van der Waals surface area contributed by atoms with Gasteiger partial charge in [-0.25, -0.2) is 9.97 Å². The number of benzene rings is 1. The summed E-state index contributed by atoms with van der Waals surface area (Å²) in [6, 6.07) is 16.5. The van der Waals surface area contributed by atoms with Gasteiger partial charge in [0.15, 0.2) is 0 Å². The summed E-state index contributed by atoms with van der Waals surface area (Å²) in [5, 5.41) is 4.05. The van der Waals surface area contributed by atoms with Gasteiger partial charge in [0.25, 0.3) is 0 Å². The van der Waals surface area contributed by atoms with Crippen molar-refractivity contribution in [2.45, 2.75) is 0 Å². The molecule has 3 heterocycles. The van der Waals surface area contributed by atoms with Gasteiger partial charge in [0, 0.05) is 28.8 Å². The summed E-state index contributed by atoms with van der Waals surface area (Å²) < 4.78 is 2.10. The van der Waals surface area contributed by atoms with Crippen molar-refractivity contribution in [3.63, 3.8) is 0 Å². The summed E-state index contributed by atoms with van der Waals surface area (Å²) in [4.78, 5) is 9.09. The summed E-state index contributed by atoms with van der Waals surface area (Å²) in [6.45, 7) is 0. The first-order chi connectivity index (χ1) is 9.92. The van der Waals surface area contributed by atoms with Gasteiger partial charge in [0.2, 0.25) is 0 Å². The largest absolute Gasteiger partial charge is 0.301 e. The Kier molecular flexibility index (Phi) is 2.60. The summed E-state index contributed by atoms with van der Waals surface area (Å²) in [5.74, 6) is 0. The van der Waals surface area contributed by atoms with Crippen molar-refractivity contribution < 1.29 is 0 Å². The first-order valence-electron chi connectivity index (χ1n) is 6.35. The third-order valence-electron chi connectivity index (χ3n) is 3.22. The van der Waals surface area contributed by atoms with Crippen molar-refractivity contribution in [2.75, 3.05) is 0 Å². The number of aromatic nitrogens is 3. The van der Waals surface area contributed by atoms with Gasteiger partial charge in [-0.15, -0.1) is 11.3 Å². The van der Waals surface area contributed by atoms with Gasteiger partial charge < -0.3 is 4.57 Å². The third-order valence-corrected chi connectivity index (χ3v) is 4.02. The summed E-state index contributed by atoms with van der Waals surface area (Å²) in [7, 11) is 0. The average Bonchev–Trinajstić information content (AvgIpc) is 3.17. The number of para-hydroxylation sites is 1. The molecule has 0 N–H and O–H groups in total. The van der Waals surface area contributed by atoms with E-state index in [-0.39, 0.29) is 0 Å². The van der Waals surface area contributed by atoms with Crippen LogP contribution in [0.3, 0.4) is 0 Å². The molecule has 3 nitrogen and oxygen atoms in total. The van der Waals surface area contributed by atoms with E-state index in [1.54, 1.807) is 11.3 Å². The Labute approximate surface area is 120 Å². The normalized spacial score (nSPS) is 11.0. The van der Waals surface area contributed by atoms with Gasteiger partial charge in [0.05, 0.1) is 0 Å². The van der Waals surface area contributed by atoms with Gasteiger partial charge in [0.1, 0.15) is 16.3 Å². The number of fused-ring (bicyclic) bond motifs is 1. The van der Waals surface area contributed by atoms with E-state index in [2.05, 4.69) is 40.0 Å². The zero-order chi connectivity index (χ0) is 13.4. The van der Waals surface area contributed by atoms with Crippen molar-refractivity contribution in [3.05, 3.63) is 66.3 Å². The minimum atomic E-state index is 0.920. The summed E-state index contributed by atoms with van der Waals surface area (Å²) in [6.07, 6.45) is 3.86. The Balaban J connectivity index is 1.93. The maximum Gasteiger partial charge on any atom is 0.145 e. The highest BCUT2D eigenvalue weighted by Crippen LogP contribution is 2.24. The molecule has 0 spiro atoms. The maximum absolute atomic E-state index is 4.76. The molecule has 4 rings (SSSR count). The number of rotatable bonds is 2. The van der Waals surface area contributed by atoms with E-state index in [1.807, 2.05) is 35.8 Å². The molecule has 0 saturated carbocycles. The zero-order valence-corrected chi connectivity index (χ0v) is 11.4. The summed E-state index contributed by atoms with van der Waals surface area (Å²) in [5.41, 5.74) is 3.00. The first kappa shape index (κ1) is 11.4. The Bertz CT molecular complexity index is 848. The van der Waals surface area contributed by atoms with Gasteiger partial charge >= 0.3 is 0 Å². The van der Waals surface area contributed by atoms with Crippen LogP contribution in [0, 0.1) is 0 Å². The third kappa shape index (κ3) is 1.82. The number of hydrogen-bond acceptors (Lipinski definition) is 3. The van der Waals surface area contributed by atoms with E-state index in [4.69, 9.17) is 4.98 Å². The molecule has 0 atom stereocenters. The minimum absolute atomic E-state index is 0.920. The molecule has 0 radical (unpaired) electrons. The Hall–Kier alpha value is -2.46. The quantitative estimate of drug-likeness (QED) is 0.551. The van der Waals surface area contributed by atoms with Crippen LogP contribution in [0.2, 0.25) is 0 Å². The van der Waals surface area contributed by atoms with Crippen LogP contribution < -0.4 is 0 Å². The molecule has 96 valence electrons. The molecule has 1 aromatic carbocycles. The van der Waals surface area contributed by atoms with Crippen LogP contribution >= 0.6 is 11.3 Å². The lowest BCUT2D eigenvalue weighted by molar-refractivity contribution is 1.09. The second kappa shape index (κ2) is 4.58. The van der Waals surface area contributed by atoms with Gasteiger partial charge in [-0.05, 0) is 30.3 Å². The van der Waals surface area contributed by atoms with E-state index in [9.17, 15) is 0 Å². The zero-order valence-electron chi connectivity index (χ0n) is 10.6. The molecule has 0 amide bonds. The molecule has 0 aliphatic heterocycles. The molecule has 0 aliphatic carbocycles. The van der Waals surface area contributed by atoms with Crippen LogP contribution in [0.5, 0.6) is 0 Å². The van der Waals surface area contributed by atoms with E-state index in [0.717, 1.165) is 27.4 Å². The Morgan fingerprint density at radius 2 is 1.85 bits per heavy atom. The van der Waals surface area contributed by atoms with Crippen LogP contribution in [-0.4, -0.2) is 14.5 Å². The molecule has 0 fully saturated rings. The Morgan fingerprint density at radius 3 is 2.65 bits per heavy atom. The Morgan fingerprint density at radius 1 is 0.950 bits per heavy atom. The molecule has 4 heteroatoms. The fraction of sp³-hybridized carbons (Fsp3) is 0. The molecule has 0 unspecified atom stereocenters. The fourth-order valence-corrected chi connectivity index (χ4v) is 2.88. The highest BCUT2D eigenvalue weighted by molar-refractivity contribution is 7.13. The number of nitrogens with zero attached hydrogens (tertiary/aromatic N) is 3. The van der Waals surface area contributed by atoms with Crippen molar-refractivity contribution >= 4 is 22.4 Å². The van der Waals surface area contributed by atoms with Crippen LogP contribution in [0.1, 0.15) is 0 Å². The lowest BCUT2D eigenvalue weighted by Gasteiger charge is -2.05. The maximum atomic E-state index is 4.76. The average molecular weight is 277 g/mol. The molecule has 0 bridgehead atoms. The molecule has 20 heavy (non-hydrogen) atoms. The lowest BCUT2D eigenvalue weighted by Crippen LogP contribution is -1.94. The second-order valence-corrected chi connectivity index (χ2v) is 5.36. The van der Waals surface area contributed by atoms with Crippen molar-refractivity contribution in [3.8, 4) is 16.4 Å². The predicted octanol–water partition coefficient (Wildman–Crippen LogP) is 4.15. The van der Waals surface area contributed by atoms with Gasteiger partial charge in [-0.1, -0.05) is 18.2 Å². The molecular formula is C16H11N3S. The summed E-state index contributed by atoms with van der Waals surface area (Å²) >= 11 is 1.61. The monoisotopic (exact) mass is 277 g/mol. The number of thiazole rings is 1. The molecule has 0 aliphatic rings. The standard InChI is InChI=1S/C16H11N3S/c1-2-4-13(5-3-1)19-10-8-12-6-7-14(18-15(12)19)16-17-9-11-20-16/h1-11H. The first-order valence-corrected chi connectivity index (χ1v) is 7.23. The predicted molar refractivity (Wildman–Crippen MR) is 82.2 cm³/mol. The van der Waals surface area contributed by atoms with E-state index in [1.165, 1.54) is 0 Å². The topological polar surface area (TPSA) is 30.7 Å². The minimum Gasteiger partial charge on any atom is -0.301 e. The van der Waals surface area contributed by atoms with Crippen molar-refractivity contribution in [1.82, 2.24) is 14.5 Å². The van der Waals surface area contributed by atoms with Gasteiger partial charge in [-0.3, -0.25) is 0 Å². The molecular weight excluding hydrogens is 266 g/mol. The molecule has 3 aromatic heterocycles. The van der Waals surface area contributed by atoms with Crippen LogP contribution in [0.25, 0.3) is 27.4 Å². The van der Waals surface area contributed by atoms with Crippen LogP contribution in [-0.2, 0) is 0 Å². The highest BCUT2D eigenvalue weighted by Gasteiger charge is 2.08. The van der Waals surface area contributed by atoms with E-state index in [0.29, 0.717) is 0 Å². The van der Waals surface area contributed by atoms with Crippen molar-refractivity contribution in [1.29, 1.82) is 0 Å². The number of pyridine rings is 1. The van der Waals surface area contributed by atoms with Crippen LogP contribution in [0.4, 0.5) is 0 Å². The number of hydrogen-bond donors (Lipinski definition) is 0. The fourth-order valence-electron chi connectivity index (χ4n) is 2.27. The van der Waals surface area contributed by atoms with Gasteiger partial charge in [-0.2, -0.15) is 0 Å². The van der Waals surface area contributed by atoms with E-state index >= 15 is 0 Å². The second-order valence-electron chi connectivity index (χ2n) is 4.47.